The van der Waals surface area contributed by atoms with E-state index >= 15 is 4.39 Å². The van der Waals surface area contributed by atoms with Crippen molar-refractivity contribution in [3.8, 4) is 5.69 Å². The van der Waals surface area contributed by atoms with Crippen molar-refractivity contribution in [2.24, 2.45) is 5.92 Å². The van der Waals surface area contributed by atoms with E-state index in [-0.39, 0.29) is 23.0 Å². The smallest absolute Gasteiger partial charge is 0.259 e. The van der Waals surface area contributed by atoms with E-state index in [0.717, 1.165) is 13.0 Å². The third-order valence-corrected chi connectivity index (χ3v) is 6.92. The van der Waals surface area contributed by atoms with E-state index in [1.54, 1.807) is 60.7 Å². The molecule has 34 heavy (non-hydrogen) atoms. The van der Waals surface area contributed by atoms with Crippen LogP contribution in [0.25, 0.3) is 16.7 Å². The van der Waals surface area contributed by atoms with Crippen LogP contribution >= 0.6 is 0 Å². The first kappa shape index (κ1) is 20.7. The number of hydrogen-bond donors (Lipinski definition) is 0. The van der Waals surface area contributed by atoms with Gasteiger partial charge >= 0.3 is 0 Å². The Bertz CT molecular complexity index is 1410. The number of halogens is 2. The number of carbonyl (C=O) groups is 1. The van der Waals surface area contributed by atoms with Gasteiger partial charge in [-0.05, 0) is 43.2 Å². The Kier molecular flexibility index (Phi) is 4.79. The number of benzene rings is 2. The molecule has 1 unspecified atom stereocenters. The summed E-state index contributed by atoms with van der Waals surface area (Å²) in [5.74, 6) is -0.304. The van der Waals surface area contributed by atoms with Crippen molar-refractivity contribution in [1.29, 1.82) is 0 Å². The minimum absolute atomic E-state index is 0.0252. The molecule has 0 saturated carbocycles. The highest BCUT2D eigenvalue weighted by Crippen LogP contribution is 2.37. The molecule has 2 fully saturated rings. The molecule has 4 heterocycles. The van der Waals surface area contributed by atoms with Crippen LogP contribution in [0.2, 0.25) is 0 Å². The molecule has 0 spiro atoms. The van der Waals surface area contributed by atoms with Crippen molar-refractivity contribution in [3.63, 3.8) is 0 Å². The van der Waals surface area contributed by atoms with E-state index in [2.05, 4.69) is 20.0 Å². The van der Waals surface area contributed by atoms with E-state index in [4.69, 9.17) is 0 Å². The Morgan fingerprint density at radius 3 is 2.82 bits per heavy atom. The molecule has 2 atom stereocenters. The second-order valence-electron chi connectivity index (χ2n) is 8.90. The Morgan fingerprint density at radius 2 is 2.00 bits per heavy atom. The van der Waals surface area contributed by atoms with Gasteiger partial charge in [-0.1, -0.05) is 12.1 Å². The fourth-order valence-corrected chi connectivity index (χ4v) is 5.01. The number of piperidine rings is 1. The minimum Gasteiger partial charge on any atom is -0.350 e. The Balaban J connectivity index is 1.29. The fraction of sp³-hybridized carbons (Fsp3) is 0.280. The Morgan fingerprint density at radius 1 is 1.12 bits per heavy atom. The van der Waals surface area contributed by atoms with E-state index < -0.39 is 11.6 Å². The van der Waals surface area contributed by atoms with Gasteiger partial charge in [-0.2, -0.15) is 5.10 Å². The van der Waals surface area contributed by atoms with Gasteiger partial charge < -0.3 is 9.80 Å². The normalized spacial score (nSPS) is 19.7. The highest BCUT2D eigenvalue weighted by molar-refractivity contribution is 5.98. The number of nitrogens with zero attached hydrogens (tertiary/aromatic N) is 6. The van der Waals surface area contributed by atoms with Crippen molar-refractivity contribution < 1.29 is 13.6 Å². The zero-order chi connectivity index (χ0) is 23.4. The topological polar surface area (TPSA) is 67.2 Å². The maximum Gasteiger partial charge on any atom is 0.259 e. The summed E-state index contributed by atoms with van der Waals surface area (Å²) in [5, 5.41) is 4.19. The quantitative estimate of drug-likeness (QED) is 0.466. The lowest BCUT2D eigenvalue weighted by atomic mass is 9.82. The third-order valence-electron chi connectivity index (χ3n) is 6.92. The molecular formula is C25H22F2N6O. The molecule has 2 aromatic heterocycles. The standard InChI is InChI=1S/C25H22F2N6O/c1-15-6-7-19(33-10-3-9-29-33)22(23(15)27)25(34)31-11-8-16-13-32(20(16)14-31)21-12-28-18-5-2-4-17(26)24(18)30-21/h2-7,9-10,12,16,20H,8,11,13-14H2,1H3/t16?,20-/m1/s1. The largest absolute Gasteiger partial charge is 0.350 e. The number of rotatable bonds is 3. The van der Waals surface area contributed by atoms with Crippen LogP contribution in [0.5, 0.6) is 0 Å². The van der Waals surface area contributed by atoms with Gasteiger partial charge in [0.2, 0.25) is 0 Å². The lowest BCUT2D eigenvalue weighted by Crippen LogP contribution is -2.65. The lowest BCUT2D eigenvalue weighted by molar-refractivity contribution is 0.0586. The van der Waals surface area contributed by atoms with Crippen molar-refractivity contribution >= 4 is 22.8 Å². The molecule has 172 valence electrons. The van der Waals surface area contributed by atoms with Gasteiger partial charge in [-0.25, -0.2) is 18.4 Å². The van der Waals surface area contributed by atoms with Gasteiger partial charge in [0.1, 0.15) is 22.7 Å². The summed E-state index contributed by atoms with van der Waals surface area (Å²) in [6, 6.07) is 9.84. The van der Waals surface area contributed by atoms with Gasteiger partial charge in [-0.3, -0.25) is 9.78 Å². The van der Waals surface area contributed by atoms with Gasteiger partial charge in [-0.15, -0.1) is 0 Å². The molecule has 2 saturated heterocycles. The lowest BCUT2D eigenvalue weighted by Gasteiger charge is -2.53. The second kappa shape index (κ2) is 7.86. The molecule has 1 amide bonds. The average molecular weight is 460 g/mol. The molecule has 9 heteroatoms. The number of hydrogen-bond acceptors (Lipinski definition) is 5. The molecular weight excluding hydrogens is 438 g/mol. The van der Waals surface area contributed by atoms with Crippen LogP contribution in [0, 0.1) is 24.5 Å². The zero-order valence-electron chi connectivity index (χ0n) is 18.5. The number of anilines is 1. The van der Waals surface area contributed by atoms with Crippen LogP contribution < -0.4 is 4.90 Å². The van der Waals surface area contributed by atoms with Crippen LogP contribution in [0.3, 0.4) is 0 Å². The summed E-state index contributed by atoms with van der Waals surface area (Å²) in [6.45, 7) is 3.42. The minimum atomic E-state index is -0.526. The van der Waals surface area contributed by atoms with E-state index in [1.165, 1.54) is 10.7 Å². The average Bonchev–Trinajstić information content (AvgIpc) is 3.36. The van der Waals surface area contributed by atoms with Gasteiger partial charge in [0, 0.05) is 37.9 Å². The second-order valence-corrected chi connectivity index (χ2v) is 8.90. The molecule has 4 aromatic rings. The SMILES string of the molecule is Cc1ccc(-n2cccn2)c(C(=O)N2CCC3CN(c4cnc5cccc(F)c5n4)[C@@H]3C2)c1F. The number of fused-ring (bicyclic) bond motifs is 2. The van der Waals surface area contributed by atoms with Crippen molar-refractivity contribution in [1.82, 2.24) is 24.6 Å². The van der Waals surface area contributed by atoms with Crippen molar-refractivity contribution in [3.05, 3.63) is 77.8 Å². The van der Waals surface area contributed by atoms with Gasteiger partial charge in [0.15, 0.2) is 5.82 Å². The van der Waals surface area contributed by atoms with Crippen molar-refractivity contribution in [2.75, 3.05) is 24.5 Å². The van der Waals surface area contributed by atoms with Crippen LogP contribution in [-0.4, -0.2) is 56.2 Å². The van der Waals surface area contributed by atoms with Crippen LogP contribution in [0.1, 0.15) is 22.3 Å². The maximum absolute atomic E-state index is 15.2. The highest BCUT2D eigenvalue weighted by Gasteiger charge is 2.45. The molecule has 7 nitrogen and oxygen atoms in total. The Hall–Kier alpha value is -3.88. The molecule has 2 aliphatic rings. The number of aromatic nitrogens is 4. The van der Waals surface area contributed by atoms with E-state index in [0.29, 0.717) is 41.6 Å². The number of carbonyl (C=O) groups excluding carboxylic acids is 1. The van der Waals surface area contributed by atoms with Crippen molar-refractivity contribution in [2.45, 2.75) is 19.4 Å². The van der Waals surface area contributed by atoms with Crippen LogP contribution in [0.4, 0.5) is 14.6 Å². The predicted molar refractivity (Wildman–Crippen MR) is 123 cm³/mol. The summed E-state index contributed by atoms with van der Waals surface area (Å²) in [6.07, 6.45) is 5.75. The Labute approximate surface area is 194 Å². The monoisotopic (exact) mass is 460 g/mol. The summed E-state index contributed by atoms with van der Waals surface area (Å²) in [4.78, 5) is 26.2. The molecule has 6 rings (SSSR count). The van der Waals surface area contributed by atoms with E-state index in [1.807, 2.05) is 0 Å². The fourth-order valence-electron chi connectivity index (χ4n) is 5.01. The predicted octanol–water partition coefficient (Wildman–Crippen LogP) is 3.75. The molecule has 0 aliphatic carbocycles. The molecule has 0 radical (unpaired) electrons. The number of para-hydroxylation sites is 1. The molecule has 0 N–H and O–H groups in total. The first-order chi connectivity index (χ1) is 16.5. The van der Waals surface area contributed by atoms with Gasteiger partial charge in [0.05, 0.1) is 23.4 Å². The van der Waals surface area contributed by atoms with Crippen LogP contribution in [0.15, 0.2) is 55.0 Å². The van der Waals surface area contributed by atoms with Gasteiger partial charge in [0.25, 0.3) is 5.91 Å². The summed E-state index contributed by atoms with van der Waals surface area (Å²) in [5.41, 5.74) is 1.59. The molecule has 0 bridgehead atoms. The molecule has 2 aliphatic heterocycles. The van der Waals surface area contributed by atoms with E-state index in [9.17, 15) is 9.18 Å². The third kappa shape index (κ3) is 3.22. The van der Waals surface area contributed by atoms with Crippen LogP contribution in [-0.2, 0) is 0 Å². The molecule has 2 aromatic carbocycles. The number of likely N-dealkylation sites (tertiary alicyclic amines) is 1. The summed E-state index contributed by atoms with van der Waals surface area (Å²) in [7, 11) is 0. The summed E-state index contributed by atoms with van der Waals surface area (Å²) >= 11 is 0. The first-order valence-electron chi connectivity index (χ1n) is 11.3. The first-order valence-corrected chi connectivity index (χ1v) is 11.3. The number of amides is 1. The summed E-state index contributed by atoms with van der Waals surface area (Å²) < 4.78 is 31.0. The number of aryl methyl sites for hydroxylation is 1. The maximum atomic E-state index is 15.2. The highest BCUT2D eigenvalue weighted by atomic mass is 19.1. The zero-order valence-corrected chi connectivity index (χ0v) is 18.5.